The maximum Gasteiger partial charge on any atom is 0.0130 e. The van der Waals surface area contributed by atoms with Crippen molar-refractivity contribution in [3.05, 3.63) is 33.9 Å². The number of nitrogens with zero attached hydrogens (tertiary/aromatic N) is 1. The summed E-state index contributed by atoms with van der Waals surface area (Å²) in [7, 11) is 0. The molecular weight excluding hydrogens is 297 g/mol. The Balaban J connectivity index is 0.000000151. The van der Waals surface area contributed by atoms with Gasteiger partial charge in [-0.3, -0.25) is 0 Å². The van der Waals surface area contributed by atoms with Crippen molar-refractivity contribution in [2.75, 3.05) is 19.6 Å². The second kappa shape index (κ2) is 8.11. The molecule has 0 aliphatic carbocycles. The summed E-state index contributed by atoms with van der Waals surface area (Å²) in [4.78, 5) is 2.52. The van der Waals surface area contributed by atoms with Crippen LogP contribution in [0.3, 0.4) is 0 Å². The van der Waals surface area contributed by atoms with Gasteiger partial charge in [0.1, 0.15) is 0 Å². The van der Waals surface area contributed by atoms with Crippen LogP contribution >= 0.6 is 22.6 Å². The molecule has 1 aliphatic rings. The molecule has 0 atom stereocenters. The minimum atomic E-state index is 1.25. The van der Waals surface area contributed by atoms with Crippen molar-refractivity contribution in [1.82, 2.24) is 4.90 Å². The Labute approximate surface area is 107 Å². The van der Waals surface area contributed by atoms with E-state index in [2.05, 4.69) is 46.5 Å². The minimum Gasteiger partial charge on any atom is -0.304 e. The van der Waals surface area contributed by atoms with Crippen LogP contribution in [0.15, 0.2) is 30.3 Å². The summed E-state index contributed by atoms with van der Waals surface area (Å²) in [6, 6.07) is 10.2. The van der Waals surface area contributed by atoms with Crippen molar-refractivity contribution >= 4 is 22.6 Å². The van der Waals surface area contributed by atoms with E-state index in [0.717, 1.165) is 0 Å². The van der Waals surface area contributed by atoms with Crippen molar-refractivity contribution in [3.63, 3.8) is 0 Å². The van der Waals surface area contributed by atoms with Crippen molar-refractivity contribution < 1.29 is 0 Å². The molecule has 0 saturated carbocycles. The van der Waals surface area contributed by atoms with Crippen LogP contribution in [0.2, 0.25) is 0 Å². The molecule has 1 fully saturated rings. The van der Waals surface area contributed by atoms with E-state index in [4.69, 9.17) is 0 Å². The fourth-order valence-electron chi connectivity index (χ4n) is 1.69. The van der Waals surface area contributed by atoms with Crippen molar-refractivity contribution in [1.29, 1.82) is 0 Å². The molecule has 1 saturated heterocycles. The predicted octanol–water partition coefficient (Wildman–Crippen LogP) is 3.78. The molecule has 0 spiro atoms. The summed E-state index contributed by atoms with van der Waals surface area (Å²) < 4.78 is 1.29. The Bertz CT molecular complexity index is 242. The summed E-state index contributed by atoms with van der Waals surface area (Å²) in [5.41, 5.74) is 0. The Morgan fingerprint density at radius 1 is 1.07 bits per heavy atom. The molecule has 1 aromatic carbocycles. The third kappa shape index (κ3) is 6.15. The fraction of sp³-hybridized carbons (Fsp3) is 0.538. The summed E-state index contributed by atoms with van der Waals surface area (Å²) in [5, 5.41) is 0. The van der Waals surface area contributed by atoms with Gasteiger partial charge in [-0.2, -0.15) is 0 Å². The van der Waals surface area contributed by atoms with Gasteiger partial charge < -0.3 is 4.90 Å². The zero-order valence-corrected chi connectivity index (χ0v) is 11.6. The topological polar surface area (TPSA) is 3.24 Å². The molecule has 15 heavy (non-hydrogen) atoms. The first-order valence-corrected chi connectivity index (χ1v) is 6.83. The molecule has 0 unspecified atom stereocenters. The van der Waals surface area contributed by atoms with Crippen LogP contribution < -0.4 is 0 Å². The van der Waals surface area contributed by atoms with Crippen molar-refractivity contribution in [3.8, 4) is 0 Å². The van der Waals surface area contributed by atoms with Crippen LogP contribution in [-0.4, -0.2) is 24.5 Å². The van der Waals surface area contributed by atoms with Gasteiger partial charge >= 0.3 is 0 Å². The number of likely N-dealkylation sites (tertiary alicyclic amines) is 1. The summed E-state index contributed by atoms with van der Waals surface area (Å²) in [6.45, 7) is 6.18. The highest BCUT2D eigenvalue weighted by Crippen LogP contribution is 2.06. The Morgan fingerprint density at radius 2 is 1.67 bits per heavy atom. The molecule has 0 aromatic heterocycles. The summed E-state index contributed by atoms with van der Waals surface area (Å²) in [6.07, 6.45) is 4.30. The maximum atomic E-state index is 2.52. The molecular formula is C13H20IN. The van der Waals surface area contributed by atoms with Crippen LogP contribution in [0, 0.1) is 3.57 Å². The number of halogens is 1. The molecule has 0 radical (unpaired) electrons. The van der Waals surface area contributed by atoms with E-state index < -0.39 is 0 Å². The molecule has 1 heterocycles. The van der Waals surface area contributed by atoms with Crippen LogP contribution in [0.4, 0.5) is 0 Å². The summed E-state index contributed by atoms with van der Waals surface area (Å²) >= 11 is 2.28. The lowest BCUT2D eigenvalue weighted by Gasteiger charge is -2.24. The zero-order valence-electron chi connectivity index (χ0n) is 9.45. The monoisotopic (exact) mass is 317 g/mol. The van der Waals surface area contributed by atoms with E-state index >= 15 is 0 Å². The second-order valence-corrected chi connectivity index (χ2v) is 5.04. The van der Waals surface area contributed by atoms with Crippen LogP contribution in [0.5, 0.6) is 0 Å². The SMILES string of the molecule is CCN1CCCCC1.Ic1ccccc1. The van der Waals surface area contributed by atoms with Crippen molar-refractivity contribution in [2.24, 2.45) is 0 Å². The van der Waals surface area contributed by atoms with E-state index in [9.17, 15) is 0 Å². The minimum absolute atomic E-state index is 1.25. The van der Waals surface area contributed by atoms with Gasteiger partial charge in [0.2, 0.25) is 0 Å². The average Bonchev–Trinajstić information content (AvgIpc) is 2.32. The van der Waals surface area contributed by atoms with Gasteiger partial charge in [-0.15, -0.1) is 0 Å². The molecule has 1 aliphatic heterocycles. The highest BCUT2D eigenvalue weighted by Gasteiger charge is 2.05. The van der Waals surface area contributed by atoms with E-state index in [-0.39, 0.29) is 0 Å². The van der Waals surface area contributed by atoms with Crippen molar-refractivity contribution in [2.45, 2.75) is 26.2 Å². The smallest absolute Gasteiger partial charge is 0.0130 e. The molecule has 84 valence electrons. The van der Waals surface area contributed by atoms with E-state index in [1.165, 1.54) is 42.5 Å². The van der Waals surface area contributed by atoms with Crippen LogP contribution in [-0.2, 0) is 0 Å². The fourth-order valence-corrected chi connectivity index (χ4v) is 2.11. The zero-order chi connectivity index (χ0) is 10.9. The number of hydrogen-bond acceptors (Lipinski definition) is 1. The lowest BCUT2D eigenvalue weighted by molar-refractivity contribution is 0.240. The van der Waals surface area contributed by atoms with E-state index in [1.54, 1.807) is 0 Å². The van der Waals surface area contributed by atoms with Gasteiger partial charge in [-0.1, -0.05) is 31.5 Å². The number of rotatable bonds is 1. The molecule has 0 N–H and O–H groups in total. The van der Waals surface area contributed by atoms with Crippen LogP contribution in [0.25, 0.3) is 0 Å². The Morgan fingerprint density at radius 3 is 2.00 bits per heavy atom. The third-order valence-electron chi connectivity index (χ3n) is 2.63. The highest BCUT2D eigenvalue weighted by atomic mass is 127. The summed E-state index contributed by atoms with van der Waals surface area (Å²) in [5.74, 6) is 0. The average molecular weight is 317 g/mol. The lowest BCUT2D eigenvalue weighted by Crippen LogP contribution is -2.29. The molecule has 2 rings (SSSR count). The van der Waals surface area contributed by atoms with E-state index in [0.29, 0.717) is 0 Å². The van der Waals surface area contributed by atoms with Gasteiger partial charge in [0.05, 0.1) is 0 Å². The molecule has 1 aromatic rings. The molecule has 0 amide bonds. The number of piperidine rings is 1. The van der Waals surface area contributed by atoms with Gasteiger partial charge in [0.15, 0.2) is 0 Å². The van der Waals surface area contributed by atoms with Gasteiger partial charge in [-0.25, -0.2) is 0 Å². The Hall–Kier alpha value is -0.0900. The molecule has 2 heteroatoms. The first kappa shape index (κ1) is 13.0. The first-order valence-electron chi connectivity index (χ1n) is 5.76. The normalized spacial score (nSPS) is 16.7. The van der Waals surface area contributed by atoms with Crippen LogP contribution in [0.1, 0.15) is 26.2 Å². The van der Waals surface area contributed by atoms with Gasteiger partial charge in [0, 0.05) is 3.57 Å². The largest absolute Gasteiger partial charge is 0.304 e. The lowest BCUT2D eigenvalue weighted by atomic mass is 10.1. The second-order valence-electron chi connectivity index (χ2n) is 3.79. The highest BCUT2D eigenvalue weighted by molar-refractivity contribution is 14.1. The molecule has 1 nitrogen and oxygen atoms in total. The van der Waals surface area contributed by atoms with Gasteiger partial charge in [0.25, 0.3) is 0 Å². The quantitative estimate of drug-likeness (QED) is 0.713. The third-order valence-corrected chi connectivity index (χ3v) is 3.35. The first-order chi connectivity index (χ1) is 7.33. The number of hydrogen-bond donors (Lipinski definition) is 0. The molecule has 0 bridgehead atoms. The van der Waals surface area contributed by atoms with E-state index in [1.807, 2.05) is 18.2 Å². The maximum absolute atomic E-state index is 2.52. The Kier molecular flexibility index (Phi) is 7.01. The predicted molar refractivity (Wildman–Crippen MR) is 75.1 cm³/mol. The van der Waals surface area contributed by atoms with Gasteiger partial charge in [-0.05, 0) is 67.2 Å². The number of benzene rings is 1. The standard InChI is InChI=1S/C7H15N.C6H5I/c1-2-8-6-4-3-5-7-8;7-6-4-2-1-3-5-6/h2-7H2,1H3;1-5H.